The topological polar surface area (TPSA) is 44.2 Å². The van der Waals surface area contributed by atoms with Gasteiger partial charge in [0.1, 0.15) is 11.8 Å². The van der Waals surface area contributed by atoms with Crippen molar-refractivity contribution in [3.05, 3.63) is 17.0 Å². The van der Waals surface area contributed by atoms with E-state index in [2.05, 4.69) is 9.97 Å². The van der Waals surface area contributed by atoms with Crippen molar-refractivity contribution in [3.8, 4) is 5.88 Å². The highest BCUT2D eigenvalue weighted by molar-refractivity contribution is 6.29. The van der Waals surface area contributed by atoms with Crippen molar-refractivity contribution in [1.29, 1.82) is 0 Å². The predicted octanol–water partition coefficient (Wildman–Crippen LogP) is 2.61. The average Bonchev–Trinajstić information content (AvgIpc) is 2.15. The quantitative estimate of drug-likeness (QED) is 0.772. The Morgan fingerprint density at radius 3 is 2.65 bits per heavy atom. The van der Waals surface area contributed by atoms with Crippen LogP contribution in [-0.4, -0.2) is 29.9 Å². The second kappa shape index (κ2) is 6.02. The first-order valence-corrected chi connectivity index (χ1v) is 5.00. The van der Waals surface area contributed by atoms with Crippen LogP contribution in [0.5, 0.6) is 5.88 Å². The zero-order valence-electron chi connectivity index (χ0n) is 8.92. The molecule has 96 valence electrons. The fourth-order valence-corrected chi connectivity index (χ4v) is 1.17. The van der Waals surface area contributed by atoms with Crippen LogP contribution in [0.2, 0.25) is 5.15 Å². The molecule has 0 aromatic carbocycles. The zero-order valence-corrected chi connectivity index (χ0v) is 9.68. The standard InChI is InChI=1S/C9H10ClF3N2O2/c1-16-5-7-14-6(10)4-8(15-7)17-3-2-9(11,12)13/h4H,2-3,5H2,1H3. The van der Waals surface area contributed by atoms with E-state index in [1.165, 1.54) is 13.2 Å². The maximum absolute atomic E-state index is 11.9. The molecular formula is C9H10ClF3N2O2. The fourth-order valence-electron chi connectivity index (χ4n) is 0.981. The molecule has 0 N–H and O–H groups in total. The van der Waals surface area contributed by atoms with E-state index < -0.39 is 19.2 Å². The molecule has 17 heavy (non-hydrogen) atoms. The molecule has 1 heterocycles. The second-order valence-corrected chi connectivity index (χ2v) is 3.48. The van der Waals surface area contributed by atoms with Gasteiger partial charge in [0.25, 0.3) is 0 Å². The molecule has 0 spiro atoms. The zero-order chi connectivity index (χ0) is 12.9. The van der Waals surface area contributed by atoms with Crippen LogP contribution in [0.15, 0.2) is 6.07 Å². The SMILES string of the molecule is COCc1nc(Cl)cc(OCCC(F)(F)F)n1. The molecule has 0 unspecified atom stereocenters. The van der Waals surface area contributed by atoms with E-state index in [0.29, 0.717) is 0 Å². The Kier molecular flexibility index (Phi) is 4.95. The van der Waals surface area contributed by atoms with Gasteiger partial charge in [-0.3, -0.25) is 0 Å². The Balaban J connectivity index is 2.58. The van der Waals surface area contributed by atoms with Crippen molar-refractivity contribution in [2.45, 2.75) is 19.2 Å². The minimum atomic E-state index is -4.26. The number of rotatable bonds is 5. The molecule has 0 bridgehead atoms. The summed E-state index contributed by atoms with van der Waals surface area (Å²) in [6.45, 7) is -0.403. The largest absolute Gasteiger partial charge is 0.477 e. The number of aromatic nitrogens is 2. The van der Waals surface area contributed by atoms with E-state index in [4.69, 9.17) is 21.1 Å². The maximum Gasteiger partial charge on any atom is 0.392 e. The molecule has 1 aromatic rings. The number of hydrogen-bond acceptors (Lipinski definition) is 4. The van der Waals surface area contributed by atoms with Gasteiger partial charge in [-0.15, -0.1) is 0 Å². The summed E-state index contributed by atoms with van der Waals surface area (Å²) >= 11 is 5.65. The van der Waals surface area contributed by atoms with Gasteiger partial charge in [-0.1, -0.05) is 11.6 Å². The van der Waals surface area contributed by atoms with E-state index in [-0.39, 0.29) is 23.5 Å². The van der Waals surface area contributed by atoms with E-state index in [1.54, 1.807) is 0 Å². The highest BCUT2D eigenvalue weighted by Gasteiger charge is 2.26. The molecule has 4 nitrogen and oxygen atoms in total. The average molecular weight is 271 g/mol. The highest BCUT2D eigenvalue weighted by atomic mass is 35.5. The van der Waals surface area contributed by atoms with Crippen LogP contribution in [-0.2, 0) is 11.3 Å². The van der Waals surface area contributed by atoms with Crippen molar-refractivity contribution >= 4 is 11.6 Å². The fraction of sp³-hybridized carbons (Fsp3) is 0.556. The molecule has 0 aliphatic rings. The number of halogens is 4. The lowest BCUT2D eigenvalue weighted by molar-refractivity contribution is -0.139. The number of hydrogen-bond donors (Lipinski definition) is 0. The van der Waals surface area contributed by atoms with E-state index in [1.807, 2.05) is 0 Å². The van der Waals surface area contributed by atoms with Gasteiger partial charge >= 0.3 is 6.18 Å². The van der Waals surface area contributed by atoms with Gasteiger partial charge in [0.15, 0.2) is 5.82 Å². The third-order valence-corrected chi connectivity index (χ3v) is 1.82. The summed E-state index contributed by atoms with van der Waals surface area (Å²) in [7, 11) is 1.44. The Morgan fingerprint density at radius 2 is 2.06 bits per heavy atom. The summed E-state index contributed by atoms with van der Waals surface area (Å²) < 4.78 is 45.3. The Hall–Kier alpha value is -1.08. The van der Waals surface area contributed by atoms with Crippen LogP contribution in [0.25, 0.3) is 0 Å². The molecule has 0 saturated carbocycles. The Labute approximate surface area is 101 Å². The monoisotopic (exact) mass is 270 g/mol. The second-order valence-electron chi connectivity index (χ2n) is 3.09. The first-order valence-electron chi connectivity index (χ1n) is 4.62. The molecule has 8 heteroatoms. The highest BCUT2D eigenvalue weighted by Crippen LogP contribution is 2.20. The van der Waals surface area contributed by atoms with Gasteiger partial charge in [-0.2, -0.15) is 18.2 Å². The number of alkyl halides is 3. The Bertz CT molecular complexity index is 374. The Morgan fingerprint density at radius 1 is 1.35 bits per heavy atom. The number of ether oxygens (including phenoxy) is 2. The van der Waals surface area contributed by atoms with Gasteiger partial charge in [0.05, 0.1) is 13.0 Å². The van der Waals surface area contributed by atoms with Gasteiger partial charge in [0, 0.05) is 13.2 Å². The van der Waals surface area contributed by atoms with Crippen LogP contribution in [0, 0.1) is 0 Å². The molecule has 1 aromatic heterocycles. The van der Waals surface area contributed by atoms with E-state index in [0.717, 1.165) is 0 Å². The molecule has 0 amide bonds. The maximum atomic E-state index is 11.9. The summed E-state index contributed by atoms with van der Waals surface area (Å²) in [5.74, 6) is 0.253. The molecule has 0 aliphatic carbocycles. The number of methoxy groups -OCH3 is 1. The van der Waals surface area contributed by atoms with Crippen LogP contribution < -0.4 is 4.74 Å². The minimum absolute atomic E-state index is 0.00120. The number of nitrogens with zero attached hydrogens (tertiary/aromatic N) is 2. The summed E-state index contributed by atoms with van der Waals surface area (Å²) in [5, 5.41) is 0.0917. The van der Waals surface area contributed by atoms with E-state index >= 15 is 0 Å². The van der Waals surface area contributed by atoms with Crippen molar-refractivity contribution in [1.82, 2.24) is 9.97 Å². The van der Waals surface area contributed by atoms with Gasteiger partial charge in [0.2, 0.25) is 5.88 Å². The molecular weight excluding hydrogens is 261 g/mol. The van der Waals surface area contributed by atoms with Gasteiger partial charge in [-0.05, 0) is 0 Å². The lowest BCUT2D eigenvalue weighted by Crippen LogP contribution is -2.13. The minimum Gasteiger partial charge on any atom is -0.477 e. The smallest absolute Gasteiger partial charge is 0.392 e. The first-order chi connectivity index (χ1) is 7.90. The summed E-state index contributed by atoms with van der Waals surface area (Å²) in [4.78, 5) is 7.64. The van der Waals surface area contributed by atoms with Crippen molar-refractivity contribution in [3.63, 3.8) is 0 Å². The van der Waals surface area contributed by atoms with Crippen LogP contribution in [0.4, 0.5) is 13.2 Å². The molecule has 0 atom stereocenters. The van der Waals surface area contributed by atoms with Crippen LogP contribution in [0.1, 0.15) is 12.2 Å². The predicted molar refractivity (Wildman–Crippen MR) is 53.9 cm³/mol. The summed E-state index contributed by atoms with van der Waals surface area (Å²) in [6, 6.07) is 1.25. The molecule has 0 saturated heterocycles. The lowest BCUT2D eigenvalue weighted by Gasteiger charge is -2.08. The summed E-state index contributed by atoms with van der Waals surface area (Å²) in [6.07, 6.45) is -5.31. The summed E-state index contributed by atoms with van der Waals surface area (Å²) in [5.41, 5.74) is 0. The molecule has 0 radical (unpaired) electrons. The van der Waals surface area contributed by atoms with Gasteiger partial charge < -0.3 is 9.47 Å². The first kappa shape index (κ1) is 14.0. The van der Waals surface area contributed by atoms with Crippen LogP contribution >= 0.6 is 11.6 Å². The molecule has 1 rings (SSSR count). The van der Waals surface area contributed by atoms with Crippen LogP contribution in [0.3, 0.4) is 0 Å². The lowest BCUT2D eigenvalue weighted by atomic mass is 10.4. The normalized spacial score (nSPS) is 11.6. The third kappa shape index (κ3) is 5.69. The third-order valence-electron chi connectivity index (χ3n) is 1.63. The van der Waals surface area contributed by atoms with Crippen molar-refractivity contribution in [2.75, 3.05) is 13.7 Å². The molecule has 0 aliphatic heterocycles. The van der Waals surface area contributed by atoms with Crippen molar-refractivity contribution in [2.24, 2.45) is 0 Å². The van der Waals surface area contributed by atoms with Crippen molar-refractivity contribution < 1.29 is 22.6 Å². The van der Waals surface area contributed by atoms with E-state index in [9.17, 15) is 13.2 Å². The van der Waals surface area contributed by atoms with Gasteiger partial charge in [-0.25, -0.2) is 4.98 Å². The molecule has 0 fully saturated rings.